The molecular weight excluding hydrogens is 188 g/mol. The van der Waals surface area contributed by atoms with Gasteiger partial charge < -0.3 is 9.84 Å². The minimum Gasteiger partial charge on any atom is -0.496 e. The van der Waals surface area contributed by atoms with Gasteiger partial charge in [0.25, 0.3) is 0 Å². The van der Waals surface area contributed by atoms with Gasteiger partial charge in [0.05, 0.1) is 12.4 Å². The van der Waals surface area contributed by atoms with Crippen LogP contribution in [0.25, 0.3) is 0 Å². The summed E-state index contributed by atoms with van der Waals surface area (Å²) in [6.07, 6.45) is 2.61. The molecule has 0 bridgehead atoms. The van der Waals surface area contributed by atoms with Gasteiger partial charge in [-0.2, -0.15) is 0 Å². The molecule has 2 nitrogen and oxygen atoms in total. The number of rotatable bonds is 3. The maximum absolute atomic E-state index is 9.78. The summed E-state index contributed by atoms with van der Waals surface area (Å²) in [5.41, 5.74) is 1.28. The van der Waals surface area contributed by atoms with Gasteiger partial charge >= 0.3 is 0 Å². The van der Waals surface area contributed by atoms with Crippen molar-refractivity contribution in [1.29, 1.82) is 0 Å². The van der Waals surface area contributed by atoms with E-state index in [-0.39, 0.29) is 12.2 Å². The summed E-state index contributed by atoms with van der Waals surface area (Å²) in [6, 6.07) is 10.3. The quantitative estimate of drug-likeness (QED) is 0.766. The molecule has 1 saturated carbocycles. The second-order valence-corrected chi connectivity index (χ2v) is 3.99. The summed E-state index contributed by atoms with van der Waals surface area (Å²) in [5, 5.41) is 9.78. The Morgan fingerprint density at radius 2 is 2.00 bits per heavy atom. The van der Waals surface area contributed by atoms with E-state index in [1.54, 1.807) is 0 Å². The SMILES string of the molecule is C=CO[C@@H]1C[C@@H](c2ccccc2)C[C@@H]1O. The van der Waals surface area contributed by atoms with Crippen molar-refractivity contribution in [3.63, 3.8) is 0 Å². The second kappa shape index (κ2) is 4.49. The van der Waals surface area contributed by atoms with Gasteiger partial charge in [0.2, 0.25) is 0 Å². The van der Waals surface area contributed by atoms with E-state index in [2.05, 4.69) is 18.7 Å². The van der Waals surface area contributed by atoms with Crippen molar-refractivity contribution in [2.75, 3.05) is 0 Å². The van der Waals surface area contributed by atoms with Gasteiger partial charge in [0.1, 0.15) is 6.10 Å². The normalized spacial score (nSPS) is 30.1. The fourth-order valence-corrected chi connectivity index (χ4v) is 2.24. The summed E-state index contributed by atoms with van der Waals surface area (Å²) in [6.45, 7) is 3.52. The third-order valence-corrected chi connectivity index (χ3v) is 3.01. The molecule has 1 aliphatic carbocycles. The molecule has 1 fully saturated rings. The molecule has 80 valence electrons. The molecule has 0 saturated heterocycles. The molecule has 0 heterocycles. The Balaban J connectivity index is 2.06. The zero-order valence-corrected chi connectivity index (χ0v) is 8.67. The molecule has 15 heavy (non-hydrogen) atoms. The van der Waals surface area contributed by atoms with Crippen LogP contribution in [0.1, 0.15) is 24.3 Å². The Kier molecular flexibility index (Phi) is 3.07. The minimum atomic E-state index is -0.367. The van der Waals surface area contributed by atoms with E-state index >= 15 is 0 Å². The van der Waals surface area contributed by atoms with Crippen molar-refractivity contribution in [2.24, 2.45) is 0 Å². The van der Waals surface area contributed by atoms with E-state index < -0.39 is 0 Å². The lowest BCUT2D eigenvalue weighted by atomic mass is 9.98. The summed E-state index contributed by atoms with van der Waals surface area (Å²) >= 11 is 0. The highest BCUT2D eigenvalue weighted by Crippen LogP contribution is 2.36. The Bertz CT molecular complexity index is 321. The van der Waals surface area contributed by atoms with Crippen molar-refractivity contribution in [3.05, 3.63) is 48.7 Å². The van der Waals surface area contributed by atoms with Crippen LogP contribution in [0.2, 0.25) is 0 Å². The van der Waals surface area contributed by atoms with Crippen LogP contribution in [0.5, 0.6) is 0 Å². The standard InChI is InChI=1S/C13H16O2/c1-2-15-13-9-11(8-12(13)14)10-6-4-3-5-7-10/h2-7,11-14H,1,8-9H2/t11-,12-,13+/m0/s1. The first-order valence-corrected chi connectivity index (χ1v) is 5.30. The van der Waals surface area contributed by atoms with Crippen LogP contribution in [0.3, 0.4) is 0 Å². The predicted octanol–water partition coefficient (Wildman–Crippen LogP) is 2.45. The van der Waals surface area contributed by atoms with Gasteiger partial charge in [-0.25, -0.2) is 0 Å². The van der Waals surface area contributed by atoms with Crippen LogP contribution in [0.15, 0.2) is 43.2 Å². The third-order valence-electron chi connectivity index (χ3n) is 3.01. The van der Waals surface area contributed by atoms with Crippen molar-refractivity contribution in [1.82, 2.24) is 0 Å². The van der Waals surface area contributed by atoms with Crippen molar-refractivity contribution < 1.29 is 9.84 Å². The maximum atomic E-state index is 9.78. The molecular formula is C13H16O2. The molecule has 1 aromatic rings. The van der Waals surface area contributed by atoms with Crippen LogP contribution in [-0.4, -0.2) is 17.3 Å². The third kappa shape index (κ3) is 2.21. The predicted molar refractivity (Wildman–Crippen MR) is 59.5 cm³/mol. The zero-order chi connectivity index (χ0) is 10.7. The summed E-state index contributed by atoms with van der Waals surface area (Å²) < 4.78 is 5.28. The second-order valence-electron chi connectivity index (χ2n) is 3.99. The largest absolute Gasteiger partial charge is 0.496 e. The number of hydrogen-bond donors (Lipinski definition) is 1. The van der Waals surface area contributed by atoms with Gasteiger partial charge in [-0.05, 0) is 24.3 Å². The molecule has 0 radical (unpaired) electrons. The van der Waals surface area contributed by atoms with Gasteiger partial charge in [-0.1, -0.05) is 36.9 Å². The Hall–Kier alpha value is -1.28. The van der Waals surface area contributed by atoms with Crippen LogP contribution in [-0.2, 0) is 4.74 Å². The molecule has 2 heteroatoms. The first-order valence-electron chi connectivity index (χ1n) is 5.30. The average Bonchev–Trinajstić information content (AvgIpc) is 2.63. The highest BCUT2D eigenvalue weighted by Gasteiger charge is 2.34. The molecule has 1 aromatic carbocycles. The van der Waals surface area contributed by atoms with Crippen molar-refractivity contribution in [3.8, 4) is 0 Å². The Morgan fingerprint density at radius 1 is 1.27 bits per heavy atom. The van der Waals surface area contributed by atoms with Crippen LogP contribution >= 0.6 is 0 Å². The molecule has 0 aromatic heterocycles. The summed E-state index contributed by atoms with van der Waals surface area (Å²) in [7, 11) is 0. The number of aliphatic hydroxyl groups excluding tert-OH is 1. The van der Waals surface area contributed by atoms with E-state index in [4.69, 9.17) is 4.74 Å². The number of ether oxygens (including phenoxy) is 1. The van der Waals surface area contributed by atoms with E-state index in [0.717, 1.165) is 12.8 Å². The maximum Gasteiger partial charge on any atom is 0.124 e. The topological polar surface area (TPSA) is 29.5 Å². The molecule has 1 aliphatic rings. The van der Waals surface area contributed by atoms with E-state index in [9.17, 15) is 5.11 Å². The van der Waals surface area contributed by atoms with Crippen LogP contribution in [0, 0.1) is 0 Å². The van der Waals surface area contributed by atoms with Crippen molar-refractivity contribution >= 4 is 0 Å². The molecule has 0 spiro atoms. The summed E-state index contributed by atoms with van der Waals surface area (Å²) in [4.78, 5) is 0. The first-order chi connectivity index (χ1) is 7.31. The summed E-state index contributed by atoms with van der Waals surface area (Å²) in [5.74, 6) is 0.408. The molecule has 2 rings (SSSR count). The molecule has 3 atom stereocenters. The highest BCUT2D eigenvalue weighted by molar-refractivity contribution is 5.21. The number of benzene rings is 1. The fraction of sp³-hybridized carbons (Fsp3) is 0.385. The Labute approximate surface area is 90.2 Å². The van der Waals surface area contributed by atoms with E-state index in [0.29, 0.717) is 5.92 Å². The fourth-order valence-electron chi connectivity index (χ4n) is 2.24. The zero-order valence-electron chi connectivity index (χ0n) is 8.67. The molecule has 1 N–H and O–H groups in total. The molecule has 0 aliphatic heterocycles. The van der Waals surface area contributed by atoms with E-state index in [1.165, 1.54) is 11.8 Å². The average molecular weight is 204 g/mol. The van der Waals surface area contributed by atoms with Crippen LogP contribution in [0.4, 0.5) is 0 Å². The smallest absolute Gasteiger partial charge is 0.124 e. The lowest BCUT2D eigenvalue weighted by Crippen LogP contribution is -2.20. The van der Waals surface area contributed by atoms with Crippen molar-refractivity contribution in [2.45, 2.75) is 31.0 Å². The number of aliphatic hydroxyl groups is 1. The monoisotopic (exact) mass is 204 g/mol. The van der Waals surface area contributed by atoms with Gasteiger partial charge in [0.15, 0.2) is 0 Å². The van der Waals surface area contributed by atoms with Crippen LogP contribution < -0.4 is 0 Å². The van der Waals surface area contributed by atoms with E-state index in [1.807, 2.05) is 18.2 Å². The first kappa shape index (κ1) is 10.2. The number of hydrogen-bond acceptors (Lipinski definition) is 2. The lowest BCUT2D eigenvalue weighted by molar-refractivity contribution is 0.0322. The highest BCUT2D eigenvalue weighted by atomic mass is 16.5. The lowest BCUT2D eigenvalue weighted by Gasteiger charge is -2.12. The molecule has 0 unspecified atom stereocenters. The molecule has 0 amide bonds. The minimum absolute atomic E-state index is 0.0901. The van der Waals surface area contributed by atoms with Gasteiger partial charge in [-0.3, -0.25) is 0 Å². The Morgan fingerprint density at radius 3 is 2.67 bits per heavy atom. The van der Waals surface area contributed by atoms with Gasteiger partial charge in [0, 0.05) is 0 Å². The van der Waals surface area contributed by atoms with Gasteiger partial charge in [-0.15, -0.1) is 0 Å².